The third-order valence-electron chi connectivity index (χ3n) is 2.93. The molecule has 0 fully saturated rings. The van der Waals surface area contributed by atoms with Crippen LogP contribution in [0.5, 0.6) is 5.75 Å². The molecule has 1 atom stereocenters. The third kappa shape index (κ3) is 3.09. The normalized spacial score (nSPS) is 12.2. The van der Waals surface area contributed by atoms with E-state index >= 15 is 0 Å². The quantitative estimate of drug-likeness (QED) is 0.918. The van der Waals surface area contributed by atoms with E-state index in [1.165, 1.54) is 6.07 Å². The Balaban J connectivity index is 2.20. The van der Waals surface area contributed by atoms with E-state index in [0.29, 0.717) is 11.3 Å². The molecule has 4 heteroatoms. The van der Waals surface area contributed by atoms with Gasteiger partial charge in [-0.05, 0) is 29.3 Å². The van der Waals surface area contributed by atoms with Crippen molar-refractivity contribution in [2.75, 3.05) is 7.11 Å². The fourth-order valence-electron chi connectivity index (χ4n) is 1.92. The van der Waals surface area contributed by atoms with Crippen LogP contribution >= 0.6 is 0 Å². The Hall–Kier alpha value is -1.94. The maximum absolute atomic E-state index is 13.1. The summed E-state index contributed by atoms with van der Waals surface area (Å²) in [6.07, 6.45) is -0.638. The molecule has 0 bridgehead atoms. The Bertz CT molecular complexity index is 570. The molecule has 0 radical (unpaired) electrons. The largest absolute Gasteiger partial charge is 0.496 e. The van der Waals surface area contributed by atoms with Crippen LogP contribution in [0.25, 0.3) is 0 Å². The highest BCUT2D eigenvalue weighted by atomic mass is 19.2. The van der Waals surface area contributed by atoms with Gasteiger partial charge in [0.15, 0.2) is 11.6 Å². The summed E-state index contributed by atoms with van der Waals surface area (Å²) in [7, 11) is 1.54. The Morgan fingerprint density at radius 1 is 1.11 bits per heavy atom. The lowest BCUT2D eigenvalue weighted by atomic mass is 10.0. The van der Waals surface area contributed by atoms with E-state index in [2.05, 4.69) is 0 Å². The molecule has 2 rings (SSSR count). The van der Waals surface area contributed by atoms with Crippen LogP contribution in [0.1, 0.15) is 17.2 Å². The molecule has 1 N–H and O–H groups in total. The van der Waals surface area contributed by atoms with Crippen molar-refractivity contribution in [3.63, 3.8) is 0 Å². The minimum atomic E-state index is -0.962. The molecule has 0 spiro atoms. The first-order chi connectivity index (χ1) is 9.11. The second kappa shape index (κ2) is 5.80. The van der Waals surface area contributed by atoms with E-state index in [4.69, 9.17) is 4.74 Å². The fourth-order valence-corrected chi connectivity index (χ4v) is 1.92. The Morgan fingerprint density at radius 3 is 2.53 bits per heavy atom. The monoisotopic (exact) mass is 264 g/mol. The highest BCUT2D eigenvalue weighted by Crippen LogP contribution is 2.25. The van der Waals surface area contributed by atoms with Crippen LogP contribution in [0, 0.1) is 11.6 Å². The van der Waals surface area contributed by atoms with Gasteiger partial charge in [0, 0.05) is 6.42 Å². The molecule has 100 valence electrons. The number of aliphatic hydroxyl groups excluding tert-OH is 1. The van der Waals surface area contributed by atoms with E-state index in [0.717, 1.165) is 17.7 Å². The molecule has 0 saturated carbocycles. The Labute approximate surface area is 110 Å². The van der Waals surface area contributed by atoms with Crippen LogP contribution in [0.15, 0.2) is 42.5 Å². The van der Waals surface area contributed by atoms with Crippen molar-refractivity contribution < 1.29 is 18.6 Å². The molecule has 0 saturated heterocycles. The average Bonchev–Trinajstić information content (AvgIpc) is 2.42. The number of ether oxygens (including phenoxy) is 1. The topological polar surface area (TPSA) is 29.5 Å². The van der Waals surface area contributed by atoms with Gasteiger partial charge in [0.05, 0.1) is 13.2 Å². The summed E-state index contributed by atoms with van der Waals surface area (Å²) in [5.41, 5.74) is 1.15. The van der Waals surface area contributed by atoms with Crippen molar-refractivity contribution >= 4 is 0 Å². The predicted molar refractivity (Wildman–Crippen MR) is 68.0 cm³/mol. The molecule has 2 nitrogen and oxygen atoms in total. The first kappa shape index (κ1) is 13.5. The number of hydrogen-bond donors (Lipinski definition) is 1. The molecule has 2 aromatic carbocycles. The molecule has 0 aliphatic carbocycles. The van der Waals surface area contributed by atoms with Crippen molar-refractivity contribution in [3.05, 3.63) is 65.2 Å². The molecule has 0 aliphatic rings. The highest BCUT2D eigenvalue weighted by molar-refractivity contribution is 5.35. The van der Waals surface area contributed by atoms with Gasteiger partial charge in [-0.2, -0.15) is 0 Å². The number of benzene rings is 2. The SMILES string of the molecule is COc1ccccc1CC(O)c1ccc(F)c(F)c1. The molecule has 2 aromatic rings. The lowest BCUT2D eigenvalue weighted by Gasteiger charge is -2.14. The van der Waals surface area contributed by atoms with Crippen LogP contribution in [-0.4, -0.2) is 12.2 Å². The van der Waals surface area contributed by atoms with Crippen LogP contribution in [0.2, 0.25) is 0 Å². The van der Waals surface area contributed by atoms with E-state index in [1.54, 1.807) is 13.2 Å². The standard InChI is InChI=1S/C15H14F2O2/c1-19-15-5-3-2-4-11(15)9-14(18)10-6-7-12(16)13(17)8-10/h2-8,14,18H,9H2,1H3. The van der Waals surface area contributed by atoms with Crippen LogP contribution in [-0.2, 0) is 6.42 Å². The van der Waals surface area contributed by atoms with Crippen LogP contribution in [0.4, 0.5) is 8.78 Å². The van der Waals surface area contributed by atoms with Crippen molar-refractivity contribution in [2.24, 2.45) is 0 Å². The summed E-state index contributed by atoms with van der Waals surface area (Å²) >= 11 is 0. The molecule has 0 aliphatic heterocycles. The second-order valence-corrected chi connectivity index (χ2v) is 4.21. The maximum Gasteiger partial charge on any atom is 0.159 e. The van der Waals surface area contributed by atoms with Gasteiger partial charge in [-0.1, -0.05) is 24.3 Å². The number of hydrogen-bond acceptors (Lipinski definition) is 2. The zero-order chi connectivity index (χ0) is 13.8. The number of rotatable bonds is 4. The minimum absolute atomic E-state index is 0.273. The van der Waals surface area contributed by atoms with Gasteiger partial charge in [0.1, 0.15) is 5.75 Å². The summed E-state index contributed by atoms with van der Waals surface area (Å²) in [5, 5.41) is 10.1. The Morgan fingerprint density at radius 2 is 1.84 bits per heavy atom. The van der Waals surface area contributed by atoms with Gasteiger partial charge >= 0.3 is 0 Å². The van der Waals surface area contributed by atoms with Crippen LogP contribution < -0.4 is 4.74 Å². The first-order valence-corrected chi connectivity index (χ1v) is 5.86. The lowest BCUT2D eigenvalue weighted by molar-refractivity contribution is 0.176. The third-order valence-corrected chi connectivity index (χ3v) is 2.93. The Kier molecular flexibility index (Phi) is 4.12. The molecular formula is C15H14F2O2. The van der Waals surface area contributed by atoms with Crippen molar-refractivity contribution in [1.82, 2.24) is 0 Å². The average molecular weight is 264 g/mol. The van der Waals surface area contributed by atoms with E-state index in [1.807, 2.05) is 18.2 Å². The number of methoxy groups -OCH3 is 1. The number of halogens is 2. The highest BCUT2D eigenvalue weighted by Gasteiger charge is 2.13. The molecule has 0 amide bonds. The second-order valence-electron chi connectivity index (χ2n) is 4.21. The summed E-state index contributed by atoms with van der Waals surface area (Å²) in [6.45, 7) is 0. The molecule has 0 aromatic heterocycles. The van der Waals surface area contributed by atoms with Gasteiger partial charge in [-0.3, -0.25) is 0 Å². The van der Waals surface area contributed by atoms with E-state index in [-0.39, 0.29) is 6.42 Å². The summed E-state index contributed by atoms with van der Waals surface area (Å²) in [6, 6.07) is 10.7. The van der Waals surface area contributed by atoms with E-state index < -0.39 is 17.7 Å². The smallest absolute Gasteiger partial charge is 0.159 e. The number of aliphatic hydroxyl groups is 1. The first-order valence-electron chi connectivity index (χ1n) is 5.86. The predicted octanol–water partition coefficient (Wildman–Crippen LogP) is 3.25. The number of para-hydroxylation sites is 1. The minimum Gasteiger partial charge on any atom is -0.496 e. The summed E-state index contributed by atoms with van der Waals surface area (Å²) in [4.78, 5) is 0. The fraction of sp³-hybridized carbons (Fsp3) is 0.200. The van der Waals surface area contributed by atoms with E-state index in [9.17, 15) is 13.9 Å². The molecule has 0 heterocycles. The summed E-state index contributed by atoms with van der Waals surface area (Å²) < 4.78 is 31.1. The summed E-state index contributed by atoms with van der Waals surface area (Å²) in [5.74, 6) is -1.23. The van der Waals surface area contributed by atoms with Gasteiger partial charge < -0.3 is 9.84 Å². The zero-order valence-corrected chi connectivity index (χ0v) is 10.4. The van der Waals surface area contributed by atoms with Crippen molar-refractivity contribution in [1.29, 1.82) is 0 Å². The molecular weight excluding hydrogens is 250 g/mol. The molecule has 1 unspecified atom stereocenters. The van der Waals surface area contributed by atoms with Gasteiger partial charge in [0.25, 0.3) is 0 Å². The van der Waals surface area contributed by atoms with Gasteiger partial charge in [-0.25, -0.2) is 8.78 Å². The van der Waals surface area contributed by atoms with Crippen LogP contribution in [0.3, 0.4) is 0 Å². The lowest BCUT2D eigenvalue weighted by Crippen LogP contribution is -2.04. The van der Waals surface area contributed by atoms with Crippen molar-refractivity contribution in [3.8, 4) is 5.75 Å². The van der Waals surface area contributed by atoms with Crippen molar-refractivity contribution in [2.45, 2.75) is 12.5 Å². The van der Waals surface area contributed by atoms with Gasteiger partial charge in [0.2, 0.25) is 0 Å². The maximum atomic E-state index is 13.1. The van der Waals surface area contributed by atoms with Gasteiger partial charge in [-0.15, -0.1) is 0 Å². The molecule has 19 heavy (non-hydrogen) atoms. The zero-order valence-electron chi connectivity index (χ0n) is 10.4.